The zero-order valence-electron chi connectivity index (χ0n) is 16.6. The molecule has 1 aliphatic heterocycles. The Hall–Kier alpha value is -1.93. The van der Waals surface area contributed by atoms with Crippen molar-refractivity contribution in [3.05, 3.63) is 53.2 Å². The van der Waals surface area contributed by atoms with Gasteiger partial charge in [-0.3, -0.25) is 4.57 Å². The molecule has 1 N–H and O–H groups in total. The normalized spacial score (nSPS) is 17.2. The largest absolute Gasteiger partial charge is 0.416 e. The van der Waals surface area contributed by atoms with Crippen LogP contribution in [0.25, 0.3) is 5.69 Å². The minimum Gasteiger partial charge on any atom is -0.377 e. The second-order valence-corrected chi connectivity index (χ2v) is 10.9. The molecule has 0 aliphatic carbocycles. The van der Waals surface area contributed by atoms with Crippen molar-refractivity contribution < 1.29 is 26.3 Å². The number of halogens is 3. The molecule has 0 saturated carbocycles. The van der Waals surface area contributed by atoms with E-state index in [0.29, 0.717) is 17.5 Å². The standard InChI is InChI=1S/C19H19F3N4O3S3/c20-19(21,22)13-4-1-5-14(10-13)26-16(11-23-32(27,28)17-7-3-9-30-17)24-25-18(26)31-12-15-6-2-8-29-15/h1,3-5,7,9-10,15,23H,2,6,8,11-12H2/t15-/m0/s1. The SMILES string of the molecule is O=S(=O)(NCc1nnc(SC[C@@H]2CCCO2)n1-c1cccc(C(F)(F)F)c1)c1cccs1. The van der Waals surface area contributed by atoms with Gasteiger partial charge in [-0.1, -0.05) is 23.9 Å². The maximum absolute atomic E-state index is 13.3. The van der Waals surface area contributed by atoms with Gasteiger partial charge < -0.3 is 4.74 Å². The van der Waals surface area contributed by atoms with Gasteiger partial charge in [0, 0.05) is 12.4 Å². The Labute approximate surface area is 191 Å². The van der Waals surface area contributed by atoms with E-state index in [-0.39, 0.29) is 28.4 Å². The lowest BCUT2D eigenvalue weighted by Gasteiger charge is -2.14. The van der Waals surface area contributed by atoms with E-state index in [0.717, 1.165) is 36.3 Å². The number of ether oxygens (including phenoxy) is 1. The predicted molar refractivity (Wildman–Crippen MR) is 114 cm³/mol. The van der Waals surface area contributed by atoms with Crippen LogP contribution in [0, 0.1) is 0 Å². The summed E-state index contributed by atoms with van der Waals surface area (Å²) in [5.41, 5.74) is -0.617. The molecule has 7 nitrogen and oxygen atoms in total. The molecule has 3 aromatic rings. The third-order valence-corrected chi connectivity index (χ3v) is 8.59. The number of hydrogen-bond acceptors (Lipinski definition) is 7. The minimum absolute atomic E-state index is 0.0347. The molecule has 0 radical (unpaired) electrons. The summed E-state index contributed by atoms with van der Waals surface area (Å²) in [6.07, 6.45) is -2.62. The monoisotopic (exact) mass is 504 g/mol. The fourth-order valence-electron chi connectivity index (χ4n) is 3.18. The van der Waals surface area contributed by atoms with Crippen LogP contribution < -0.4 is 4.72 Å². The van der Waals surface area contributed by atoms with Crippen molar-refractivity contribution in [2.75, 3.05) is 12.4 Å². The highest BCUT2D eigenvalue weighted by Crippen LogP contribution is 2.32. The zero-order chi connectivity index (χ0) is 22.8. The first-order valence-corrected chi connectivity index (χ1v) is 13.0. The molecule has 1 atom stereocenters. The highest BCUT2D eigenvalue weighted by atomic mass is 32.2. The molecule has 0 unspecified atom stereocenters. The van der Waals surface area contributed by atoms with Gasteiger partial charge in [-0.25, -0.2) is 13.1 Å². The molecule has 1 aliphatic rings. The lowest BCUT2D eigenvalue weighted by molar-refractivity contribution is -0.137. The predicted octanol–water partition coefficient (Wildman–Crippen LogP) is 4.10. The Kier molecular flexibility index (Phi) is 6.91. The van der Waals surface area contributed by atoms with Crippen LogP contribution in [0.1, 0.15) is 24.2 Å². The van der Waals surface area contributed by atoms with Crippen molar-refractivity contribution in [2.45, 2.75) is 41.0 Å². The highest BCUT2D eigenvalue weighted by molar-refractivity contribution is 7.99. The number of sulfonamides is 1. The Balaban J connectivity index is 1.64. The van der Waals surface area contributed by atoms with Gasteiger partial charge in [0.05, 0.1) is 23.9 Å². The van der Waals surface area contributed by atoms with Crippen LogP contribution in [0.5, 0.6) is 0 Å². The molecular formula is C19H19F3N4O3S3. The number of benzene rings is 1. The van der Waals surface area contributed by atoms with Crippen LogP contribution in [0.4, 0.5) is 13.2 Å². The third kappa shape index (κ3) is 5.34. The summed E-state index contributed by atoms with van der Waals surface area (Å²) in [6, 6.07) is 7.86. The first-order valence-electron chi connectivity index (χ1n) is 9.63. The Morgan fingerprint density at radius 3 is 2.78 bits per heavy atom. The van der Waals surface area contributed by atoms with E-state index in [1.54, 1.807) is 11.4 Å². The fourth-order valence-corrected chi connectivity index (χ4v) is 6.23. The Morgan fingerprint density at radius 2 is 2.09 bits per heavy atom. The minimum atomic E-state index is -4.52. The van der Waals surface area contributed by atoms with Crippen LogP contribution >= 0.6 is 23.1 Å². The molecule has 0 spiro atoms. The summed E-state index contributed by atoms with van der Waals surface area (Å²) in [6.45, 7) is 0.450. The lowest BCUT2D eigenvalue weighted by Crippen LogP contribution is -2.24. The maximum atomic E-state index is 13.3. The Morgan fingerprint density at radius 1 is 1.25 bits per heavy atom. The first-order chi connectivity index (χ1) is 15.2. The van der Waals surface area contributed by atoms with E-state index < -0.39 is 21.8 Å². The van der Waals surface area contributed by atoms with Crippen LogP contribution in [0.3, 0.4) is 0 Å². The number of nitrogens with zero attached hydrogens (tertiary/aromatic N) is 3. The molecule has 3 heterocycles. The van der Waals surface area contributed by atoms with Gasteiger partial charge in [-0.2, -0.15) is 13.2 Å². The molecule has 2 aromatic heterocycles. The molecule has 1 fully saturated rings. The number of nitrogens with one attached hydrogen (secondary N) is 1. The van der Waals surface area contributed by atoms with E-state index in [4.69, 9.17) is 4.74 Å². The molecule has 1 aromatic carbocycles. The second kappa shape index (κ2) is 9.51. The molecular weight excluding hydrogens is 485 g/mol. The van der Waals surface area contributed by atoms with Crippen molar-refractivity contribution >= 4 is 33.1 Å². The first kappa shape index (κ1) is 23.2. The van der Waals surface area contributed by atoms with E-state index >= 15 is 0 Å². The highest BCUT2D eigenvalue weighted by Gasteiger charge is 2.31. The van der Waals surface area contributed by atoms with Gasteiger partial charge in [-0.15, -0.1) is 21.5 Å². The van der Waals surface area contributed by atoms with Gasteiger partial charge >= 0.3 is 6.18 Å². The summed E-state index contributed by atoms with van der Waals surface area (Å²) in [5, 5.41) is 10.2. The molecule has 13 heteroatoms. The smallest absolute Gasteiger partial charge is 0.377 e. The number of aromatic nitrogens is 3. The van der Waals surface area contributed by atoms with E-state index in [2.05, 4.69) is 14.9 Å². The van der Waals surface area contributed by atoms with Gasteiger partial charge in [0.25, 0.3) is 0 Å². The maximum Gasteiger partial charge on any atom is 0.416 e. The Bertz CT molecular complexity index is 1160. The van der Waals surface area contributed by atoms with Gasteiger partial charge in [0.15, 0.2) is 11.0 Å². The van der Waals surface area contributed by atoms with Crippen LogP contribution in [-0.2, 0) is 27.5 Å². The van der Waals surface area contributed by atoms with Crippen LogP contribution in [0.2, 0.25) is 0 Å². The zero-order valence-corrected chi connectivity index (χ0v) is 19.0. The van der Waals surface area contributed by atoms with Gasteiger partial charge in [-0.05, 0) is 42.5 Å². The van der Waals surface area contributed by atoms with E-state index in [9.17, 15) is 21.6 Å². The van der Waals surface area contributed by atoms with Crippen LogP contribution in [-0.4, -0.2) is 41.6 Å². The molecule has 0 amide bonds. The third-order valence-electron chi connectivity index (χ3n) is 4.73. The van der Waals surface area contributed by atoms with Gasteiger partial charge in [0.1, 0.15) is 4.21 Å². The van der Waals surface area contributed by atoms with Crippen molar-refractivity contribution in [3.8, 4) is 5.69 Å². The molecule has 1 saturated heterocycles. The summed E-state index contributed by atoms with van der Waals surface area (Å²) in [4.78, 5) is 0. The van der Waals surface area contributed by atoms with Crippen molar-refractivity contribution in [3.63, 3.8) is 0 Å². The lowest BCUT2D eigenvalue weighted by atomic mass is 10.2. The van der Waals surface area contributed by atoms with Crippen molar-refractivity contribution in [1.29, 1.82) is 0 Å². The average Bonchev–Trinajstić information content (AvgIpc) is 3.52. The van der Waals surface area contributed by atoms with Crippen molar-refractivity contribution in [1.82, 2.24) is 19.5 Å². The molecule has 32 heavy (non-hydrogen) atoms. The number of hydrogen-bond donors (Lipinski definition) is 1. The van der Waals surface area contributed by atoms with Gasteiger partial charge in [0.2, 0.25) is 10.0 Å². The topological polar surface area (TPSA) is 86.1 Å². The van der Waals surface area contributed by atoms with Crippen LogP contribution in [0.15, 0.2) is 51.1 Å². The summed E-state index contributed by atoms with van der Waals surface area (Å²) in [7, 11) is -3.78. The second-order valence-electron chi connectivity index (χ2n) is 6.98. The molecule has 172 valence electrons. The van der Waals surface area contributed by atoms with Crippen molar-refractivity contribution in [2.24, 2.45) is 0 Å². The molecule has 4 rings (SSSR count). The summed E-state index contributed by atoms with van der Waals surface area (Å²) < 4.78 is 74.4. The number of alkyl halides is 3. The fraction of sp³-hybridized carbons (Fsp3) is 0.368. The number of thioether (sulfide) groups is 1. The van der Waals surface area contributed by atoms with E-state index in [1.807, 2.05) is 0 Å². The summed E-state index contributed by atoms with van der Waals surface area (Å²) in [5.74, 6) is 0.747. The average molecular weight is 505 g/mol. The van der Waals surface area contributed by atoms with E-state index in [1.165, 1.54) is 34.5 Å². The number of thiophene rings is 1. The summed E-state index contributed by atoms with van der Waals surface area (Å²) >= 11 is 2.37. The number of rotatable bonds is 8. The quantitative estimate of drug-likeness (QED) is 0.465. The molecule has 0 bridgehead atoms.